The normalized spacial score (nSPS) is 14.6. The fourth-order valence-electron chi connectivity index (χ4n) is 2.10. The zero-order valence-electron chi connectivity index (χ0n) is 13.8. The minimum absolute atomic E-state index is 0.0435. The number of nitrogens with zero attached hydrogens (tertiary/aromatic N) is 1. The molecule has 0 aromatic heterocycles. The lowest BCUT2D eigenvalue weighted by Crippen LogP contribution is -2.36. The number of hydrogen-bond acceptors (Lipinski definition) is 4. The SMILES string of the molecule is CC(C)Oc1ccc(N(C)S(=O)(=O)CCNC(=O)C2CC2)cc1. The van der Waals surface area contributed by atoms with Gasteiger partial charge in [-0.15, -0.1) is 0 Å². The number of hydrogen-bond donors (Lipinski definition) is 1. The molecule has 0 atom stereocenters. The van der Waals surface area contributed by atoms with Crippen LogP contribution in [0.2, 0.25) is 0 Å². The molecule has 0 saturated heterocycles. The smallest absolute Gasteiger partial charge is 0.236 e. The second kappa shape index (κ2) is 7.21. The van der Waals surface area contributed by atoms with Crippen LogP contribution in [-0.4, -0.2) is 39.8 Å². The van der Waals surface area contributed by atoms with Crippen LogP contribution in [0.5, 0.6) is 5.75 Å². The van der Waals surface area contributed by atoms with E-state index in [1.54, 1.807) is 24.3 Å². The van der Waals surface area contributed by atoms with Gasteiger partial charge in [0.1, 0.15) is 5.75 Å². The van der Waals surface area contributed by atoms with Crippen molar-refractivity contribution in [2.24, 2.45) is 5.92 Å². The molecule has 0 aliphatic heterocycles. The van der Waals surface area contributed by atoms with Crippen molar-refractivity contribution in [3.05, 3.63) is 24.3 Å². The standard InChI is InChI=1S/C16H24N2O4S/c1-12(2)22-15-8-6-14(7-9-15)18(3)23(20,21)11-10-17-16(19)13-4-5-13/h6-9,12-13H,4-5,10-11H2,1-3H3,(H,17,19). The summed E-state index contributed by atoms with van der Waals surface area (Å²) in [4.78, 5) is 11.5. The maximum atomic E-state index is 12.3. The van der Waals surface area contributed by atoms with Crippen LogP contribution in [0.4, 0.5) is 5.69 Å². The van der Waals surface area contributed by atoms with E-state index in [-0.39, 0.29) is 30.2 Å². The van der Waals surface area contributed by atoms with Gasteiger partial charge in [0.05, 0.1) is 17.5 Å². The molecular formula is C16H24N2O4S. The van der Waals surface area contributed by atoms with Crippen LogP contribution < -0.4 is 14.4 Å². The van der Waals surface area contributed by atoms with Gasteiger partial charge in [-0.3, -0.25) is 9.10 Å². The van der Waals surface area contributed by atoms with Crippen molar-refractivity contribution in [2.75, 3.05) is 23.7 Å². The predicted molar refractivity (Wildman–Crippen MR) is 90.1 cm³/mol. The minimum atomic E-state index is -3.47. The van der Waals surface area contributed by atoms with Gasteiger partial charge in [0.15, 0.2) is 0 Å². The molecule has 7 heteroatoms. The maximum Gasteiger partial charge on any atom is 0.236 e. The van der Waals surface area contributed by atoms with Gasteiger partial charge < -0.3 is 10.1 Å². The topological polar surface area (TPSA) is 75.7 Å². The number of sulfonamides is 1. The number of ether oxygens (including phenoxy) is 1. The summed E-state index contributed by atoms with van der Waals surface area (Å²) in [5.41, 5.74) is 0.564. The van der Waals surface area contributed by atoms with Gasteiger partial charge in [0.25, 0.3) is 0 Å². The highest BCUT2D eigenvalue weighted by Crippen LogP contribution is 2.28. The number of amides is 1. The molecule has 2 rings (SSSR count). The highest BCUT2D eigenvalue weighted by molar-refractivity contribution is 7.92. The molecule has 1 aromatic rings. The number of nitrogens with one attached hydrogen (secondary N) is 1. The molecule has 1 saturated carbocycles. The summed E-state index contributed by atoms with van der Waals surface area (Å²) in [5.74, 6) is 0.625. The Balaban J connectivity index is 1.91. The Labute approximate surface area is 137 Å². The van der Waals surface area contributed by atoms with Crippen LogP contribution in [0.15, 0.2) is 24.3 Å². The summed E-state index contributed by atoms with van der Waals surface area (Å²) in [5, 5.41) is 2.67. The van der Waals surface area contributed by atoms with E-state index in [0.717, 1.165) is 12.8 Å². The maximum absolute atomic E-state index is 12.3. The van der Waals surface area contributed by atoms with Gasteiger partial charge in [-0.1, -0.05) is 0 Å². The Hall–Kier alpha value is -1.76. The third kappa shape index (κ3) is 5.13. The molecule has 0 radical (unpaired) electrons. The molecule has 0 heterocycles. The van der Waals surface area contributed by atoms with Crippen LogP contribution in [0.25, 0.3) is 0 Å². The van der Waals surface area contributed by atoms with E-state index in [4.69, 9.17) is 4.74 Å². The molecular weight excluding hydrogens is 316 g/mol. The highest BCUT2D eigenvalue weighted by atomic mass is 32.2. The Bertz CT molecular complexity index is 637. The van der Waals surface area contributed by atoms with E-state index in [0.29, 0.717) is 11.4 Å². The van der Waals surface area contributed by atoms with Crippen LogP contribution in [0.1, 0.15) is 26.7 Å². The quantitative estimate of drug-likeness (QED) is 0.782. The first-order valence-electron chi connectivity index (χ1n) is 7.80. The Morgan fingerprint density at radius 1 is 1.30 bits per heavy atom. The van der Waals surface area contributed by atoms with Crippen molar-refractivity contribution < 1.29 is 17.9 Å². The molecule has 6 nitrogen and oxygen atoms in total. The zero-order chi connectivity index (χ0) is 17.0. The molecule has 1 aliphatic rings. The van der Waals surface area contributed by atoms with Crippen LogP contribution in [-0.2, 0) is 14.8 Å². The number of benzene rings is 1. The van der Waals surface area contributed by atoms with Gasteiger partial charge in [-0.05, 0) is 51.0 Å². The van der Waals surface area contributed by atoms with E-state index < -0.39 is 10.0 Å². The molecule has 1 N–H and O–H groups in total. The number of anilines is 1. The Morgan fingerprint density at radius 3 is 2.43 bits per heavy atom. The molecule has 0 bridgehead atoms. The van der Waals surface area contributed by atoms with Crippen molar-refractivity contribution in [3.8, 4) is 5.75 Å². The van der Waals surface area contributed by atoms with Crippen molar-refractivity contribution in [1.29, 1.82) is 0 Å². The van der Waals surface area contributed by atoms with Crippen molar-refractivity contribution in [3.63, 3.8) is 0 Å². The van der Waals surface area contributed by atoms with Gasteiger partial charge >= 0.3 is 0 Å². The fourth-order valence-corrected chi connectivity index (χ4v) is 3.17. The molecule has 1 amide bonds. The lowest BCUT2D eigenvalue weighted by molar-refractivity contribution is -0.122. The third-order valence-electron chi connectivity index (χ3n) is 3.60. The largest absolute Gasteiger partial charge is 0.491 e. The Morgan fingerprint density at radius 2 is 1.91 bits per heavy atom. The zero-order valence-corrected chi connectivity index (χ0v) is 14.6. The molecule has 1 fully saturated rings. The summed E-state index contributed by atoms with van der Waals surface area (Å²) in [6, 6.07) is 6.91. The monoisotopic (exact) mass is 340 g/mol. The average molecular weight is 340 g/mol. The fraction of sp³-hybridized carbons (Fsp3) is 0.562. The highest BCUT2D eigenvalue weighted by Gasteiger charge is 2.29. The molecule has 1 aromatic carbocycles. The second-order valence-electron chi connectivity index (χ2n) is 6.01. The van der Waals surface area contributed by atoms with Gasteiger partial charge in [0.2, 0.25) is 15.9 Å². The molecule has 0 spiro atoms. The number of rotatable bonds is 8. The average Bonchev–Trinajstić information content (AvgIpc) is 3.31. The first kappa shape index (κ1) is 17.6. The summed E-state index contributed by atoms with van der Waals surface area (Å²) in [7, 11) is -1.96. The lowest BCUT2D eigenvalue weighted by Gasteiger charge is -2.20. The van der Waals surface area contributed by atoms with E-state index in [1.165, 1.54) is 11.4 Å². The van der Waals surface area contributed by atoms with Crippen LogP contribution >= 0.6 is 0 Å². The van der Waals surface area contributed by atoms with E-state index >= 15 is 0 Å². The molecule has 0 unspecified atom stereocenters. The first-order valence-corrected chi connectivity index (χ1v) is 9.41. The van der Waals surface area contributed by atoms with Crippen LogP contribution in [0.3, 0.4) is 0 Å². The number of carbonyl (C=O) groups is 1. The lowest BCUT2D eigenvalue weighted by atomic mass is 10.3. The van der Waals surface area contributed by atoms with Crippen molar-refractivity contribution in [2.45, 2.75) is 32.8 Å². The summed E-state index contributed by atoms with van der Waals surface area (Å²) < 4.78 is 31.4. The minimum Gasteiger partial charge on any atom is -0.491 e. The van der Waals surface area contributed by atoms with E-state index in [9.17, 15) is 13.2 Å². The van der Waals surface area contributed by atoms with Gasteiger partial charge in [-0.25, -0.2) is 8.42 Å². The van der Waals surface area contributed by atoms with E-state index in [2.05, 4.69) is 5.32 Å². The number of carbonyl (C=O) groups excluding carboxylic acids is 1. The second-order valence-corrected chi connectivity index (χ2v) is 8.13. The first-order chi connectivity index (χ1) is 10.8. The van der Waals surface area contributed by atoms with Gasteiger partial charge in [-0.2, -0.15) is 0 Å². The van der Waals surface area contributed by atoms with Crippen LogP contribution in [0, 0.1) is 5.92 Å². The molecule has 23 heavy (non-hydrogen) atoms. The summed E-state index contributed by atoms with van der Waals surface area (Å²) >= 11 is 0. The third-order valence-corrected chi connectivity index (χ3v) is 5.36. The molecule has 1 aliphatic carbocycles. The summed E-state index contributed by atoms with van der Waals surface area (Å²) in [6.45, 7) is 4.00. The summed E-state index contributed by atoms with van der Waals surface area (Å²) in [6.07, 6.45) is 1.88. The van der Waals surface area contributed by atoms with Gasteiger partial charge in [0, 0.05) is 19.5 Å². The van der Waals surface area contributed by atoms with Crippen molar-refractivity contribution in [1.82, 2.24) is 5.32 Å². The van der Waals surface area contributed by atoms with Crippen molar-refractivity contribution >= 4 is 21.6 Å². The Kier molecular flexibility index (Phi) is 5.51. The molecule has 128 valence electrons. The van der Waals surface area contributed by atoms with E-state index in [1.807, 2.05) is 13.8 Å². The predicted octanol–water partition coefficient (Wildman–Crippen LogP) is 1.77.